The van der Waals surface area contributed by atoms with Crippen LogP contribution in [0, 0.1) is 0 Å². The van der Waals surface area contributed by atoms with Crippen molar-refractivity contribution in [3.63, 3.8) is 0 Å². The smallest absolute Gasteiger partial charge is 0.221 e. The largest absolute Gasteiger partial charge is 0.354 e. The number of rotatable bonds is 5. The van der Waals surface area contributed by atoms with Gasteiger partial charge in [0.25, 0.3) is 0 Å². The first kappa shape index (κ1) is 12.8. The molecule has 0 spiro atoms. The number of thiol groups is 1. The molecule has 0 saturated heterocycles. The van der Waals surface area contributed by atoms with E-state index in [9.17, 15) is 4.79 Å². The first-order chi connectivity index (χ1) is 5.91. The average Bonchev–Trinajstić information content (AvgIpc) is 1.80. The van der Waals surface area contributed by atoms with Crippen molar-refractivity contribution in [1.82, 2.24) is 10.2 Å². The summed E-state index contributed by atoms with van der Waals surface area (Å²) in [6, 6.07) is 0.215. The Balaban J connectivity index is 3.65. The van der Waals surface area contributed by atoms with Crippen LogP contribution >= 0.6 is 12.6 Å². The summed E-state index contributed by atoms with van der Waals surface area (Å²) < 4.78 is 0. The lowest BCUT2D eigenvalue weighted by Gasteiger charge is -2.16. The number of hydrogen-bond donors (Lipinski definition) is 2. The molecule has 0 aliphatic rings. The first-order valence-corrected chi connectivity index (χ1v) is 5.05. The van der Waals surface area contributed by atoms with E-state index in [4.69, 9.17) is 0 Å². The van der Waals surface area contributed by atoms with Crippen LogP contribution in [0.4, 0.5) is 0 Å². The summed E-state index contributed by atoms with van der Waals surface area (Å²) in [4.78, 5) is 13.3. The van der Waals surface area contributed by atoms with E-state index < -0.39 is 0 Å². The zero-order valence-electron chi connectivity index (χ0n) is 8.87. The molecule has 0 bridgehead atoms. The van der Waals surface area contributed by atoms with Crippen LogP contribution in [-0.4, -0.2) is 42.7 Å². The first-order valence-electron chi connectivity index (χ1n) is 4.54. The van der Waals surface area contributed by atoms with Gasteiger partial charge in [0.05, 0.1) is 0 Å². The van der Waals surface area contributed by atoms with Crippen LogP contribution in [0.2, 0.25) is 0 Å². The summed E-state index contributed by atoms with van der Waals surface area (Å²) in [6.07, 6.45) is 0.486. The van der Waals surface area contributed by atoms with Crippen molar-refractivity contribution in [3.8, 4) is 0 Å². The van der Waals surface area contributed by atoms with Crippen LogP contribution in [0.3, 0.4) is 0 Å². The molecule has 0 aliphatic carbocycles. The SMILES string of the molecule is CC(C)NC(=O)C[C@@H](S)CN(C)C. The standard InChI is InChI=1S/C9H20N2OS/c1-7(2)10-9(12)5-8(13)6-11(3)4/h7-8,13H,5-6H2,1-4H3,(H,10,12)/t8-/m1/s1. The Hall–Kier alpha value is -0.220. The van der Waals surface area contributed by atoms with Gasteiger partial charge >= 0.3 is 0 Å². The molecule has 0 fully saturated rings. The van der Waals surface area contributed by atoms with Crippen molar-refractivity contribution in [2.75, 3.05) is 20.6 Å². The van der Waals surface area contributed by atoms with Crippen molar-refractivity contribution < 1.29 is 4.79 Å². The lowest BCUT2D eigenvalue weighted by atomic mass is 10.2. The zero-order chi connectivity index (χ0) is 10.4. The summed E-state index contributed by atoms with van der Waals surface area (Å²) in [7, 11) is 3.95. The highest BCUT2D eigenvalue weighted by Crippen LogP contribution is 2.02. The molecule has 78 valence electrons. The Morgan fingerprint density at radius 3 is 2.38 bits per heavy atom. The molecule has 1 N–H and O–H groups in total. The van der Waals surface area contributed by atoms with Gasteiger partial charge in [-0.15, -0.1) is 0 Å². The summed E-state index contributed by atoms with van der Waals surface area (Å²) in [5.74, 6) is 0.0804. The lowest BCUT2D eigenvalue weighted by Crippen LogP contribution is -2.34. The van der Waals surface area contributed by atoms with Crippen LogP contribution in [-0.2, 0) is 4.79 Å². The van der Waals surface area contributed by atoms with Crippen molar-refractivity contribution >= 4 is 18.5 Å². The minimum atomic E-state index is 0.0804. The van der Waals surface area contributed by atoms with Crippen LogP contribution in [0.25, 0.3) is 0 Å². The normalized spacial score (nSPS) is 13.5. The van der Waals surface area contributed by atoms with E-state index in [-0.39, 0.29) is 17.2 Å². The molecule has 0 aromatic rings. The van der Waals surface area contributed by atoms with E-state index in [1.807, 2.05) is 32.8 Å². The zero-order valence-corrected chi connectivity index (χ0v) is 9.77. The van der Waals surface area contributed by atoms with E-state index in [0.29, 0.717) is 6.42 Å². The number of hydrogen-bond acceptors (Lipinski definition) is 3. The van der Waals surface area contributed by atoms with Gasteiger partial charge in [0.15, 0.2) is 0 Å². The van der Waals surface area contributed by atoms with Crippen molar-refractivity contribution in [2.24, 2.45) is 0 Å². The third-order valence-corrected chi connectivity index (χ3v) is 1.79. The summed E-state index contributed by atoms with van der Waals surface area (Å²) >= 11 is 4.33. The van der Waals surface area contributed by atoms with Gasteiger partial charge in [0.1, 0.15) is 0 Å². The van der Waals surface area contributed by atoms with Crippen molar-refractivity contribution in [2.45, 2.75) is 31.6 Å². The quantitative estimate of drug-likeness (QED) is 0.648. The highest BCUT2D eigenvalue weighted by atomic mass is 32.1. The number of amides is 1. The van der Waals surface area contributed by atoms with Crippen LogP contribution < -0.4 is 5.32 Å². The third-order valence-electron chi connectivity index (χ3n) is 1.45. The molecule has 0 aliphatic heterocycles. The van der Waals surface area contributed by atoms with Crippen molar-refractivity contribution in [1.29, 1.82) is 0 Å². The molecular formula is C9H20N2OS. The second kappa shape index (κ2) is 6.27. The maximum absolute atomic E-state index is 11.3. The van der Waals surface area contributed by atoms with Gasteiger partial charge in [-0.05, 0) is 27.9 Å². The number of carbonyl (C=O) groups is 1. The highest BCUT2D eigenvalue weighted by molar-refractivity contribution is 7.81. The van der Waals surface area contributed by atoms with E-state index in [2.05, 4.69) is 17.9 Å². The van der Waals surface area contributed by atoms with E-state index in [0.717, 1.165) is 6.54 Å². The minimum absolute atomic E-state index is 0.0804. The van der Waals surface area contributed by atoms with Gasteiger partial charge in [-0.2, -0.15) is 12.6 Å². The monoisotopic (exact) mass is 204 g/mol. The second-order valence-corrected chi connectivity index (χ2v) is 4.57. The van der Waals surface area contributed by atoms with E-state index >= 15 is 0 Å². The van der Waals surface area contributed by atoms with Crippen LogP contribution in [0.15, 0.2) is 0 Å². The second-order valence-electron chi connectivity index (χ2n) is 3.84. The maximum atomic E-state index is 11.3. The third kappa shape index (κ3) is 8.12. The van der Waals surface area contributed by atoms with Gasteiger partial charge in [-0.3, -0.25) is 4.79 Å². The Morgan fingerprint density at radius 1 is 1.46 bits per heavy atom. The molecule has 1 amide bonds. The van der Waals surface area contributed by atoms with Crippen molar-refractivity contribution in [3.05, 3.63) is 0 Å². The fourth-order valence-electron chi connectivity index (χ4n) is 1.08. The Bertz CT molecular complexity index is 160. The Labute approximate surface area is 86.3 Å². The lowest BCUT2D eigenvalue weighted by molar-refractivity contribution is -0.121. The summed E-state index contributed by atoms with van der Waals surface area (Å²) in [5.41, 5.74) is 0. The average molecular weight is 204 g/mol. The van der Waals surface area contributed by atoms with Gasteiger partial charge in [0.2, 0.25) is 5.91 Å². The number of nitrogens with zero attached hydrogens (tertiary/aromatic N) is 1. The molecule has 0 radical (unpaired) electrons. The predicted octanol–water partition coefficient (Wildman–Crippen LogP) is 0.761. The van der Waals surface area contributed by atoms with Gasteiger partial charge < -0.3 is 10.2 Å². The van der Waals surface area contributed by atoms with E-state index in [1.165, 1.54) is 0 Å². The summed E-state index contributed by atoms with van der Waals surface area (Å²) in [6.45, 7) is 4.74. The highest BCUT2D eigenvalue weighted by Gasteiger charge is 2.10. The molecule has 0 unspecified atom stereocenters. The van der Waals surface area contributed by atoms with Gasteiger partial charge in [-0.25, -0.2) is 0 Å². The fourth-order valence-corrected chi connectivity index (χ4v) is 1.57. The van der Waals surface area contributed by atoms with Gasteiger partial charge in [0, 0.05) is 24.3 Å². The molecule has 13 heavy (non-hydrogen) atoms. The maximum Gasteiger partial charge on any atom is 0.221 e. The Morgan fingerprint density at radius 2 is 2.00 bits per heavy atom. The molecule has 3 nitrogen and oxygen atoms in total. The predicted molar refractivity (Wildman–Crippen MR) is 59.2 cm³/mol. The summed E-state index contributed by atoms with van der Waals surface area (Å²) in [5, 5.41) is 2.96. The molecule has 0 aromatic heterocycles. The van der Waals surface area contributed by atoms with Crippen LogP contribution in [0.5, 0.6) is 0 Å². The molecule has 0 aromatic carbocycles. The molecule has 1 atom stereocenters. The van der Waals surface area contributed by atoms with Crippen LogP contribution in [0.1, 0.15) is 20.3 Å². The van der Waals surface area contributed by atoms with Gasteiger partial charge in [-0.1, -0.05) is 0 Å². The molecule has 0 heterocycles. The molecular weight excluding hydrogens is 184 g/mol. The molecule has 4 heteroatoms. The molecule has 0 saturated carbocycles. The topological polar surface area (TPSA) is 32.3 Å². The number of nitrogens with one attached hydrogen (secondary N) is 1. The molecule has 0 rings (SSSR count). The number of carbonyl (C=O) groups excluding carboxylic acids is 1. The fraction of sp³-hybridized carbons (Fsp3) is 0.889. The Kier molecular flexibility index (Phi) is 6.16. The minimum Gasteiger partial charge on any atom is -0.354 e. The van der Waals surface area contributed by atoms with E-state index in [1.54, 1.807) is 0 Å².